The minimum atomic E-state index is 0.330. The first-order valence-electron chi connectivity index (χ1n) is 6.72. The number of hydrogen-bond donors (Lipinski definition) is 1. The van der Waals surface area contributed by atoms with E-state index in [-0.39, 0.29) is 0 Å². The molecule has 1 atom stereocenters. The van der Waals surface area contributed by atoms with Crippen LogP contribution in [-0.2, 0) is 6.54 Å². The maximum atomic E-state index is 9.95. The number of ether oxygens (including phenoxy) is 1. The molecule has 0 saturated heterocycles. The second kappa shape index (κ2) is 7.36. The zero-order valence-corrected chi connectivity index (χ0v) is 12.7. The number of likely N-dealkylation sites (N-methyl/N-ethyl adjacent to an activating group) is 2. The van der Waals surface area contributed by atoms with Gasteiger partial charge in [-0.1, -0.05) is 6.92 Å². The van der Waals surface area contributed by atoms with Crippen molar-refractivity contribution in [2.75, 3.05) is 34.3 Å². The molecule has 0 heterocycles. The molecule has 1 rings (SSSR count). The Morgan fingerprint density at radius 3 is 2.53 bits per heavy atom. The minimum Gasteiger partial charge on any atom is -0.508 e. The zero-order valence-electron chi connectivity index (χ0n) is 12.7. The van der Waals surface area contributed by atoms with Crippen molar-refractivity contribution in [3.63, 3.8) is 0 Å². The van der Waals surface area contributed by atoms with Crippen LogP contribution in [0.3, 0.4) is 0 Å². The quantitative estimate of drug-likeness (QED) is 0.820. The Labute approximate surface area is 116 Å². The van der Waals surface area contributed by atoms with Crippen molar-refractivity contribution in [3.05, 3.63) is 23.8 Å². The Kier molecular flexibility index (Phi) is 6.12. The van der Waals surface area contributed by atoms with Gasteiger partial charge in [-0.2, -0.15) is 0 Å². The molecule has 1 N–H and O–H groups in total. The van der Waals surface area contributed by atoms with E-state index in [0.717, 1.165) is 30.9 Å². The molecular weight excluding hydrogens is 240 g/mol. The highest BCUT2D eigenvalue weighted by atomic mass is 16.5. The summed E-state index contributed by atoms with van der Waals surface area (Å²) in [5.74, 6) is 1.11. The molecule has 108 valence electrons. The number of methoxy groups -OCH3 is 1. The number of phenols is 1. The molecule has 1 aromatic carbocycles. The van der Waals surface area contributed by atoms with Crippen molar-refractivity contribution in [2.45, 2.75) is 26.4 Å². The third-order valence-electron chi connectivity index (χ3n) is 3.32. The number of benzene rings is 1. The van der Waals surface area contributed by atoms with E-state index in [2.05, 4.69) is 37.7 Å². The molecule has 4 heteroatoms. The summed E-state index contributed by atoms with van der Waals surface area (Å²) in [5, 5.41) is 9.95. The van der Waals surface area contributed by atoms with Gasteiger partial charge in [0.05, 0.1) is 7.11 Å². The Bertz CT molecular complexity index is 394. The van der Waals surface area contributed by atoms with Crippen LogP contribution in [0.1, 0.15) is 19.4 Å². The third-order valence-corrected chi connectivity index (χ3v) is 3.32. The Balaban J connectivity index is 2.80. The van der Waals surface area contributed by atoms with Crippen LogP contribution in [0.25, 0.3) is 0 Å². The van der Waals surface area contributed by atoms with E-state index >= 15 is 0 Å². The predicted molar refractivity (Wildman–Crippen MR) is 78.8 cm³/mol. The van der Waals surface area contributed by atoms with Crippen molar-refractivity contribution < 1.29 is 9.84 Å². The summed E-state index contributed by atoms with van der Waals surface area (Å²) in [6.07, 6.45) is 0. The minimum absolute atomic E-state index is 0.330. The molecule has 0 saturated carbocycles. The van der Waals surface area contributed by atoms with Crippen LogP contribution >= 0.6 is 0 Å². The highest BCUT2D eigenvalue weighted by Gasteiger charge is 2.15. The Morgan fingerprint density at radius 2 is 2.00 bits per heavy atom. The van der Waals surface area contributed by atoms with Crippen LogP contribution in [-0.4, -0.2) is 55.2 Å². The average Bonchev–Trinajstić information content (AvgIpc) is 2.36. The van der Waals surface area contributed by atoms with Gasteiger partial charge in [0.2, 0.25) is 0 Å². The molecule has 1 aromatic rings. The lowest BCUT2D eigenvalue weighted by atomic mass is 10.1. The Hall–Kier alpha value is -1.26. The van der Waals surface area contributed by atoms with Crippen molar-refractivity contribution in [3.8, 4) is 11.5 Å². The largest absolute Gasteiger partial charge is 0.508 e. The number of phenolic OH excluding ortho intramolecular Hbond substituents is 1. The van der Waals surface area contributed by atoms with Gasteiger partial charge in [0.15, 0.2) is 0 Å². The molecule has 0 spiro atoms. The van der Waals surface area contributed by atoms with Crippen LogP contribution in [0, 0.1) is 0 Å². The summed E-state index contributed by atoms with van der Waals surface area (Å²) in [5.41, 5.74) is 0.909. The van der Waals surface area contributed by atoms with Gasteiger partial charge in [-0.15, -0.1) is 0 Å². The van der Waals surface area contributed by atoms with Gasteiger partial charge < -0.3 is 14.7 Å². The standard InChI is InChI=1S/C15H26N2O2/c1-6-17(12(2)10-16(3)4)11-13-9-14(19-5)7-8-15(13)18/h7-9,12,18H,6,10-11H2,1-5H3. The molecule has 0 aliphatic rings. The number of rotatable bonds is 7. The molecule has 19 heavy (non-hydrogen) atoms. The number of hydrogen-bond acceptors (Lipinski definition) is 4. The zero-order chi connectivity index (χ0) is 14.4. The summed E-state index contributed by atoms with van der Waals surface area (Å²) in [6.45, 7) is 7.03. The van der Waals surface area contributed by atoms with Crippen molar-refractivity contribution in [2.24, 2.45) is 0 Å². The number of nitrogens with zero attached hydrogens (tertiary/aromatic N) is 2. The van der Waals surface area contributed by atoms with Crippen molar-refractivity contribution >= 4 is 0 Å². The van der Waals surface area contributed by atoms with Crippen molar-refractivity contribution in [1.29, 1.82) is 0 Å². The van der Waals surface area contributed by atoms with Gasteiger partial charge in [-0.05, 0) is 45.8 Å². The van der Waals surface area contributed by atoms with E-state index in [9.17, 15) is 5.11 Å². The average molecular weight is 266 g/mol. The molecule has 0 bridgehead atoms. The molecule has 4 nitrogen and oxygen atoms in total. The lowest BCUT2D eigenvalue weighted by Gasteiger charge is -2.30. The van der Waals surface area contributed by atoms with E-state index in [0.29, 0.717) is 11.8 Å². The monoisotopic (exact) mass is 266 g/mol. The first-order chi connectivity index (χ1) is 8.97. The summed E-state index contributed by atoms with van der Waals surface area (Å²) < 4.78 is 5.21. The second-order valence-electron chi connectivity index (χ2n) is 5.17. The normalized spacial score (nSPS) is 13.0. The summed E-state index contributed by atoms with van der Waals surface area (Å²) >= 11 is 0. The van der Waals surface area contributed by atoms with E-state index < -0.39 is 0 Å². The number of aromatic hydroxyl groups is 1. The first-order valence-corrected chi connectivity index (χ1v) is 6.72. The van der Waals surface area contributed by atoms with E-state index in [1.54, 1.807) is 19.2 Å². The first kappa shape index (κ1) is 15.8. The highest BCUT2D eigenvalue weighted by Crippen LogP contribution is 2.24. The SMILES string of the molecule is CCN(Cc1cc(OC)ccc1O)C(C)CN(C)C. The van der Waals surface area contributed by atoms with E-state index in [4.69, 9.17) is 4.74 Å². The van der Waals surface area contributed by atoms with Gasteiger partial charge in [0, 0.05) is 24.7 Å². The summed E-state index contributed by atoms with van der Waals surface area (Å²) in [4.78, 5) is 4.52. The molecule has 1 unspecified atom stereocenters. The van der Waals surface area contributed by atoms with Gasteiger partial charge in [0.25, 0.3) is 0 Å². The lowest BCUT2D eigenvalue weighted by Crippen LogP contribution is -2.39. The fourth-order valence-electron chi connectivity index (χ4n) is 2.26. The highest BCUT2D eigenvalue weighted by molar-refractivity contribution is 5.39. The maximum Gasteiger partial charge on any atom is 0.120 e. The summed E-state index contributed by atoms with van der Waals surface area (Å²) in [7, 11) is 5.79. The molecule has 0 radical (unpaired) electrons. The lowest BCUT2D eigenvalue weighted by molar-refractivity contribution is 0.172. The molecule has 0 amide bonds. The molecule has 0 aromatic heterocycles. The van der Waals surface area contributed by atoms with E-state index in [1.807, 2.05) is 6.07 Å². The fraction of sp³-hybridized carbons (Fsp3) is 0.600. The molecular formula is C15H26N2O2. The molecule has 0 fully saturated rings. The molecule has 0 aliphatic heterocycles. The fourth-order valence-corrected chi connectivity index (χ4v) is 2.26. The Morgan fingerprint density at radius 1 is 1.32 bits per heavy atom. The van der Waals surface area contributed by atoms with Crippen LogP contribution in [0.4, 0.5) is 0 Å². The maximum absolute atomic E-state index is 9.95. The second-order valence-corrected chi connectivity index (χ2v) is 5.17. The van der Waals surface area contributed by atoms with Crippen LogP contribution in [0.15, 0.2) is 18.2 Å². The van der Waals surface area contributed by atoms with Gasteiger partial charge >= 0.3 is 0 Å². The predicted octanol–water partition coefficient (Wildman–Crippen LogP) is 2.17. The van der Waals surface area contributed by atoms with Gasteiger partial charge in [-0.25, -0.2) is 0 Å². The molecule has 0 aliphatic carbocycles. The smallest absolute Gasteiger partial charge is 0.120 e. The van der Waals surface area contributed by atoms with Crippen LogP contribution in [0.5, 0.6) is 11.5 Å². The van der Waals surface area contributed by atoms with Gasteiger partial charge in [0.1, 0.15) is 11.5 Å². The van der Waals surface area contributed by atoms with Crippen LogP contribution < -0.4 is 4.74 Å². The van der Waals surface area contributed by atoms with Gasteiger partial charge in [-0.3, -0.25) is 4.90 Å². The topological polar surface area (TPSA) is 35.9 Å². The summed E-state index contributed by atoms with van der Waals surface area (Å²) in [6, 6.07) is 5.81. The van der Waals surface area contributed by atoms with Crippen molar-refractivity contribution in [1.82, 2.24) is 9.80 Å². The van der Waals surface area contributed by atoms with E-state index in [1.165, 1.54) is 0 Å². The third kappa shape index (κ3) is 4.73. The van der Waals surface area contributed by atoms with Crippen LogP contribution in [0.2, 0.25) is 0 Å².